The Kier molecular flexibility index (Phi) is 10.4. The molecule has 1 aromatic heterocycles. The van der Waals surface area contributed by atoms with E-state index in [9.17, 15) is 35.2 Å². The molecule has 230 valence electrons. The third-order valence-electron chi connectivity index (χ3n) is 7.60. The van der Waals surface area contributed by atoms with Gasteiger partial charge in [0, 0.05) is 24.4 Å². The van der Waals surface area contributed by atoms with Crippen molar-refractivity contribution in [3.63, 3.8) is 0 Å². The molecule has 0 saturated heterocycles. The first kappa shape index (κ1) is 33.1. The zero-order valence-electron chi connectivity index (χ0n) is 23.3. The summed E-state index contributed by atoms with van der Waals surface area (Å²) < 4.78 is 97.2. The predicted molar refractivity (Wildman–Crippen MR) is 146 cm³/mol. The second kappa shape index (κ2) is 12.8. The van der Waals surface area contributed by atoms with Crippen LogP contribution in [0.1, 0.15) is 69.4 Å². The second-order valence-corrected chi connectivity index (χ2v) is 13.8. The summed E-state index contributed by atoms with van der Waals surface area (Å²) in [5.41, 5.74) is -1.97. The van der Waals surface area contributed by atoms with E-state index in [1.165, 1.54) is 16.8 Å². The van der Waals surface area contributed by atoms with Crippen LogP contribution in [0.25, 0.3) is 11.3 Å². The van der Waals surface area contributed by atoms with Gasteiger partial charge in [-0.05, 0) is 62.6 Å². The smallest absolute Gasteiger partial charge is 0.394 e. The fraction of sp³-hybridized carbons (Fsp3) is 0.630. The highest BCUT2D eigenvalue weighted by atomic mass is 35.5. The van der Waals surface area contributed by atoms with E-state index in [-0.39, 0.29) is 57.5 Å². The lowest BCUT2D eigenvalue weighted by molar-refractivity contribution is -0.211. The van der Waals surface area contributed by atoms with Crippen molar-refractivity contribution in [3.8, 4) is 17.0 Å². The molecule has 0 radical (unpaired) electrons. The Morgan fingerprint density at radius 3 is 2.34 bits per heavy atom. The van der Waals surface area contributed by atoms with Crippen molar-refractivity contribution in [2.45, 2.75) is 84.4 Å². The Labute approximate surface area is 241 Å². The predicted octanol–water partition coefficient (Wildman–Crippen LogP) is 6.68. The molecule has 1 N–H and O–H groups in total. The van der Waals surface area contributed by atoms with Crippen LogP contribution < -0.4 is 10.1 Å². The Balaban J connectivity index is 1.84. The summed E-state index contributed by atoms with van der Waals surface area (Å²) in [7, 11) is -3.11. The number of rotatable bonds is 11. The Hall–Kier alpha value is -2.41. The first-order valence-electron chi connectivity index (χ1n) is 13.4. The fourth-order valence-electron chi connectivity index (χ4n) is 5.00. The summed E-state index contributed by atoms with van der Waals surface area (Å²) >= 11 is 6.56. The third kappa shape index (κ3) is 7.71. The molecule has 0 aliphatic heterocycles. The lowest BCUT2D eigenvalue weighted by Crippen LogP contribution is -2.34. The van der Waals surface area contributed by atoms with E-state index >= 15 is 0 Å². The number of aromatic nitrogens is 2. The average molecular weight is 628 g/mol. The highest BCUT2D eigenvalue weighted by molar-refractivity contribution is 7.92. The molecule has 0 unspecified atom stereocenters. The van der Waals surface area contributed by atoms with Crippen molar-refractivity contribution in [1.82, 2.24) is 15.1 Å². The van der Waals surface area contributed by atoms with Crippen LogP contribution in [0.2, 0.25) is 5.02 Å². The van der Waals surface area contributed by atoms with Gasteiger partial charge in [0.15, 0.2) is 15.5 Å². The Morgan fingerprint density at radius 1 is 1.17 bits per heavy atom. The normalized spacial score (nSPS) is 18.5. The number of hydrogen-bond donors (Lipinski definition) is 1. The minimum Gasteiger partial charge on any atom is -0.434 e. The van der Waals surface area contributed by atoms with Gasteiger partial charge in [0.05, 0.1) is 21.4 Å². The highest BCUT2D eigenvalue weighted by Gasteiger charge is 2.47. The van der Waals surface area contributed by atoms with Crippen LogP contribution in [0.3, 0.4) is 0 Å². The van der Waals surface area contributed by atoms with E-state index in [0.29, 0.717) is 25.7 Å². The Morgan fingerprint density at radius 2 is 1.80 bits per heavy atom. The number of amides is 1. The van der Waals surface area contributed by atoms with E-state index in [4.69, 9.17) is 11.6 Å². The molecule has 1 heterocycles. The molecular formula is C27H35ClF5N3O4S. The van der Waals surface area contributed by atoms with Crippen molar-refractivity contribution >= 4 is 27.3 Å². The van der Waals surface area contributed by atoms with Crippen LogP contribution in [0.4, 0.5) is 22.0 Å². The molecule has 1 amide bonds. The lowest BCUT2D eigenvalue weighted by atomic mass is 9.84. The van der Waals surface area contributed by atoms with E-state index in [1.54, 1.807) is 13.8 Å². The first-order valence-corrected chi connectivity index (χ1v) is 15.5. The van der Waals surface area contributed by atoms with Gasteiger partial charge in [0.25, 0.3) is 5.91 Å². The standard InChI is InChI=1S/C27H35ClF5N3O4S/c1-5-36-23(19-12-9-17(13-20(19)40-25(29)30)14-26(3,4)27(31,32)33)21(28)22(35-36)24(37)34-15-16-7-10-18(11-8-16)41(38,39)6-2/h9,12-13,16,18,25H,5-8,10-11,14-15H2,1-4H3,(H,34,37). The number of hydrogen-bond acceptors (Lipinski definition) is 5. The topological polar surface area (TPSA) is 90.3 Å². The van der Waals surface area contributed by atoms with Gasteiger partial charge >= 0.3 is 12.8 Å². The Bertz CT molecular complexity index is 1340. The van der Waals surface area contributed by atoms with Gasteiger partial charge in [-0.1, -0.05) is 38.4 Å². The zero-order chi connectivity index (χ0) is 30.8. The van der Waals surface area contributed by atoms with Crippen LogP contribution in [0, 0.1) is 11.3 Å². The van der Waals surface area contributed by atoms with Crippen molar-refractivity contribution in [2.24, 2.45) is 11.3 Å². The number of carbonyl (C=O) groups excluding carboxylic acids is 1. The maximum absolute atomic E-state index is 13.4. The van der Waals surface area contributed by atoms with Crippen LogP contribution in [-0.4, -0.2) is 54.4 Å². The second-order valence-electron chi connectivity index (χ2n) is 10.9. The van der Waals surface area contributed by atoms with Gasteiger partial charge in [-0.3, -0.25) is 9.48 Å². The van der Waals surface area contributed by atoms with Gasteiger partial charge in [-0.15, -0.1) is 0 Å². The summed E-state index contributed by atoms with van der Waals surface area (Å²) in [5.74, 6) is -0.809. The lowest BCUT2D eigenvalue weighted by Gasteiger charge is -2.28. The van der Waals surface area contributed by atoms with E-state index in [1.807, 2.05) is 0 Å². The largest absolute Gasteiger partial charge is 0.434 e. The van der Waals surface area contributed by atoms with Crippen molar-refractivity contribution < 1.29 is 39.9 Å². The molecular weight excluding hydrogens is 593 g/mol. The van der Waals surface area contributed by atoms with Crippen LogP contribution in [0.15, 0.2) is 18.2 Å². The molecule has 14 heteroatoms. The van der Waals surface area contributed by atoms with Crippen LogP contribution in [0.5, 0.6) is 5.75 Å². The van der Waals surface area contributed by atoms with Crippen molar-refractivity contribution in [3.05, 3.63) is 34.5 Å². The number of aryl methyl sites for hydroxylation is 1. The fourth-order valence-corrected chi connectivity index (χ4v) is 6.78. The van der Waals surface area contributed by atoms with Gasteiger partial charge < -0.3 is 10.1 Å². The number of ether oxygens (including phenoxy) is 1. The maximum Gasteiger partial charge on any atom is 0.394 e. The molecule has 1 aliphatic carbocycles. The van der Waals surface area contributed by atoms with Gasteiger partial charge in [0.1, 0.15) is 5.75 Å². The molecule has 0 spiro atoms. The molecule has 1 aliphatic rings. The summed E-state index contributed by atoms with van der Waals surface area (Å²) in [6, 6.07) is 3.82. The monoisotopic (exact) mass is 627 g/mol. The van der Waals surface area contributed by atoms with Gasteiger partial charge in [-0.2, -0.15) is 27.1 Å². The number of halogens is 6. The van der Waals surface area contributed by atoms with Crippen molar-refractivity contribution in [2.75, 3.05) is 12.3 Å². The number of sulfone groups is 1. The first-order chi connectivity index (χ1) is 19.0. The molecule has 0 bridgehead atoms. The molecule has 7 nitrogen and oxygen atoms in total. The highest BCUT2D eigenvalue weighted by Crippen LogP contribution is 2.43. The number of carbonyl (C=O) groups is 1. The molecule has 2 aromatic rings. The van der Waals surface area contributed by atoms with E-state index < -0.39 is 46.1 Å². The molecule has 1 fully saturated rings. The number of nitrogens with zero attached hydrogens (tertiary/aromatic N) is 2. The molecule has 41 heavy (non-hydrogen) atoms. The molecule has 1 saturated carbocycles. The summed E-state index contributed by atoms with van der Waals surface area (Å²) in [4.78, 5) is 13.0. The SMILES string of the molecule is CCn1nc(C(=O)NCC2CCC(S(=O)(=O)CC)CC2)c(Cl)c1-c1ccc(CC(C)(C)C(F)(F)F)cc1OC(F)F. The molecule has 3 rings (SSSR count). The minimum atomic E-state index is -4.52. The molecule has 1 aromatic carbocycles. The zero-order valence-corrected chi connectivity index (χ0v) is 24.9. The summed E-state index contributed by atoms with van der Waals surface area (Å²) in [5, 5.41) is 6.55. The molecule has 0 atom stereocenters. The van der Waals surface area contributed by atoms with Crippen LogP contribution in [-0.2, 0) is 22.8 Å². The summed E-state index contributed by atoms with van der Waals surface area (Å²) in [6.07, 6.45) is -2.67. The number of benzene rings is 1. The minimum absolute atomic E-state index is 0.0488. The van der Waals surface area contributed by atoms with E-state index in [2.05, 4.69) is 15.2 Å². The van der Waals surface area contributed by atoms with Crippen LogP contribution >= 0.6 is 11.6 Å². The summed E-state index contributed by atoms with van der Waals surface area (Å²) in [6.45, 7) is 2.58. The van der Waals surface area contributed by atoms with Crippen molar-refractivity contribution in [1.29, 1.82) is 0 Å². The van der Waals surface area contributed by atoms with Gasteiger partial charge in [0.2, 0.25) is 0 Å². The number of alkyl halides is 5. The van der Waals surface area contributed by atoms with Gasteiger partial charge in [-0.25, -0.2) is 8.42 Å². The number of nitrogens with one attached hydrogen (secondary N) is 1. The maximum atomic E-state index is 13.4. The quantitative estimate of drug-likeness (QED) is 0.281. The van der Waals surface area contributed by atoms with E-state index in [0.717, 1.165) is 19.9 Å². The average Bonchev–Trinajstić information content (AvgIpc) is 3.22. The third-order valence-corrected chi connectivity index (χ3v) is 10.2.